The number of unbranched alkanes of at least 4 members (excludes halogenated alkanes) is 41. The summed E-state index contributed by atoms with van der Waals surface area (Å²) in [4.78, 5) is 38.2. The molecule has 0 aromatic rings. The Labute approximate surface area is 442 Å². The van der Waals surface area contributed by atoms with E-state index in [0.717, 1.165) is 96.3 Å². The molecular formula is C65H120O6. The molecule has 0 heterocycles. The molecule has 0 saturated carbocycles. The largest absolute Gasteiger partial charge is 0.462 e. The van der Waals surface area contributed by atoms with Crippen LogP contribution in [-0.2, 0) is 28.6 Å². The molecule has 0 aliphatic heterocycles. The number of allylic oxidation sites excluding steroid dienone is 6. The fraction of sp³-hybridized carbons (Fsp3) is 0.862. The van der Waals surface area contributed by atoms with E-state index in [1.54, 1.807) is 0 Å². The minimum absolute atomic E-state index is 0.0744. The van der Waals surface area contributed by atoms with E-state index in [-0.39, 0.29) is 31.1 Å². The third-order valence-corrected chi connectivity index (χ3v) is 14.2. The zero-order valence-electron chi connectivity index (χ0n) is 47.8. The SMILES string of the molecule is CC/C=C\C/C=C\C/C=C\CCCCCCCC(=O)OC(COC(=O)CCCCCCCCCCCCC)COC(=O)CCCCCCCCCCCCCCCCCCCCCCCCCCCCC. The number of esters is 3. The summed E-state index contributed by atoms with van der Waals surface area (Å²) in [6.45, 7) is 6.56. The summed E-state index contributed by atoms with van der Waals surface area (Å²) in [7, 11) is 0. The lowest BCUT2D eigenvalue weighted by Gasteiger charge is -2.18. The lowest BCUT2D eigenvalue weighted by molar-refractivity contribution is -0.167. The molecule has 6 nitrogen and oxygen atoms in total. The average Bonchev–Trinajstić information content (AvgIpc) is 3.37. The van der Waals surface area contributed by atoms with Crippen LogP contribution in [0, 0.1) is 0 Å². The number of rotatable bonds is 58. The van der Waals surface area contributed by atoms with Crippen molar-refractivity contribution in [3.8, 4) is 0 Å². The molecule has 0 aromatic heterocycles. The molecule has 1 unspecified atom stereocenters. The summed E-state index contributed by atoms with van der Waals surface area (Å²) < 4.78 is 16.9. The van der Waals surface area contributed by atoms with Crippen molar-refractivity contribution in [2.75, 3.05) is 13.2 Å². The van der Waals surface area contributed by atoms with Gasteiger partial charge in [-0.2, -0.15) is 0 Å². The predicted molar refractivity (Wildman–Crippen MR) is 307 cm³/mol. The first-order chi connectivity index (χ1) is 35.0. The van der Waals surface area contributed by atoms with Crippen LogP contribution in [0.4, 0.5) is 0 Å². The standard InChI is InChI=1S/C65H120O6/c1-4-7-10-13-16-19-22-24-26-27-28-29-30-31-32-33-34-35-36-37-39-40-43-46-49-52-55-58-64(67)70-61-62(60-69-63(66)57-54-51-48-45-42-21-18-15-12-9-6-3)71-65(68)59-56-53-50-47-44-41-38-25-23-20-17-14-11-8-5-2/h8,11,17,20,25,38,62H,4-7,9-10,12-16,18-19,21-24,26-37,39-61H2,1-3H3/b11-8-,20-17-,38-25-. The highest BCUT2D eigenvalue weighted by Crippen LogP contribution is 2.18. The van der Waals surface area contributed by atoms with E-state index in [9.17, 15) is 14.4 Å². The van der Waals surface area contributed by atoms with Crippen LogP contribution in [0.5, 0.6) is 0 Å². The topological polar surface area (TPSA) is 78.9 Å². The van der Waals surface area contributed by atoms with Crippen LogP contribution in [0.25, 0.3) is 0 Å². The molecule has 0 N–H and O–H groups in total. The minimum atomic E-state index is -0.777. The molecule has 0 aliphatic rings. The second-order valence-electron chi connectivity index (χ2n) is 21.3. The zero-order valence-corrected chi connectivity index (χ0v) is 47.8. The Hall–Kier alpha value is -2.37. The Morgan fingerprint density at radius 2 is 0.549 bits per heavy atom. The van der Waals surface area contributed by atoms with Crippen LogP contribution in [0.1, 0.15) is 342 Å². The molecular weight excluding hydrogens is 877 g/mol. The first-order valence-electron chi connectivity index (χ1n) is 31.5. The van der Waals surface area contributed by atoms with Gasteiger partial charge in [-0.1, -0.05) is 308 Å². The Morgan fingerprint density at radius 1 is 0.296 bits per heavy atom. The van der Waals surface area contributed by atoms with E-state index >= 15 is 0 Å². The molecule has 0 rings (SSSR count). The molecule has 0 aliphatic carbocycles. The van der Waals surface area contributed by atoms with Gasteiger partial charge in [0, 0.05) is 19.3 Å². The Morgan fingerprint density at radius 3 is 0.859 bits per heavy atom. The molecule has 0 aromatic carbocycles. The van der Waals surface area contributed by atoms with E-state index in [1.165, 1.54) is 205 Å². The van der Waals surface area contributed by atoms with Crippen LogP contribution >= 0.6 is 0 Å². The first-order valence-corrected chi connectivity index (χ1v) is 31.5. The van der Waals surface area contributed by atoms with Crippen molar-refractivity contribution < 1.29 is 28.6 Å². The highest BCUT2D eigenvalue weighted by Gasteiger charge is 2.19. The Kier molecular flexibility index (Phi) is 58.2. The number of carbonyl (C=O) groups is 3. The van der Waals surface area contributed by atoms with Gasteiger partial charge in [0.15, 0.2) is 6.10 Å². The molecule has 0 radical (unpaired) electrons. The zero-order chi connectivity index (χ0) is 51.4. The maximum Gasteiger partial charge on any atom is 0.306 e. The van der Waals surface area contributed by atoms with Crippen LogP contribution in [0.15, 0.2) is 36.5 Å². The maximum absolute atomic E-state index is 12.8. The molecule has 0 spiro atoms. The smallest absolute Gasteiger partial charge is 0.306 e. The van der Waals surface area contributed by atoms with Crippen molar-refractivity contribution in [3.05, 3.63) is 36.5 Å². The fourth-order valence-corrected chi connectivity index (χ4v) is 9.46. The van der Waals surface area contributed by atoms with Crippen molar-refractivity contribution >= 4 is 17.9 Å². The van der Waals surface area contributed by atoms with E-state index in [0.29, 0.717) is 19.3 Å². The number of carbonyl (C=O) groups excluding carboxylic acids is 3. The van der Waals surface area contributed by atoms with Crippen molar-refractivity contribution in [3.63, 3.8) is 0 Å². The van der Waals surface area contributed by atoms with Gasteiger partial charge in [-0.05, 0) is 51.4 Å². The van der Waals surface area contributed by atoms with Gasteiger partial charge in [0.05, 0.1) is 0 Å². The van der Waals surface area contributed by atoms with Crippen molar-refractivity contribution in [2.24, 2.45) is 0 Å². The van der Waals surface area contributed by atoms with Crippen LogP contribution < -0.4 is 0 Å². The highest BCUT2D eigenvalue weighted by molar-refractivity contribution is 5.71. The third kappa shape index (κ3) is 58.4. The lowest BCUT2D eigenvalue weighted by Crippen LogP contribution is -2.30. The van der Waals surface area contributed by atoms with Gasteiger partial charge in [-0.15, -0.1) is 0 Å². The van der Waals surface area contributed by atoms with E-state index in [2.05, 4.69) is 57.2 Å². The van der Waals surface area contributed by atoms with Crippen molar-refractivity contribution in [2.45, 2.75) is 348 Å². The third-order valence-electron chi connectivity index (χ3n) is 14.2. The normalized spacial score (nSPS) is 12.2. The highest BCUT2D eigenvalue weighted by atomic mass is 16.6. The maximum atomic E-state index is 12.8. The van der Waals surface area contributed by atoms with Crippen LogP contribution in [0.2, 0.25) is 0 Å². The summed E-state index contributed by atoms with van der Waals surface area (Å²) in [5, 5.41) is 0. The Bertz CT molecular complexity index is 1190. The van der Waals surface area contributed by atoms with Gasteiger partial charge >= 0.3 is 17.9 Å². The summed E-state index contributed by atoms with van der Waals surface area (Å²) >= 11 is 0. The van der Waals surface area contributed by atoms with Gasteiger partial charge in [-0.3, -0.25) is 14.4 Å². The van der Waals surface area contributed by atoms with Gasteiger partial charge in [-0.25, -0.2) is 0 Å². The molecule has 71 heavy (non-hydrogen) atoms. The van der Waals surface area contributed by atoms with Crippen LogP contribution in [-0.4, -0.2) is 37.2 Å². The molecule has 1 atom stereocenters. The van der Waals surface area contributed by atoms with Crippen molar-refractivity contribution in [1.82, 2.24) is 0 Å². The summed E-state index contributed by atoms with van der Waals surface area (Å²) in [6, 6.07) is 0. The first kappa shape index (κ1) is 68.6. The van der Waals surface area contributed by atoms with E-state index in [4.69, 9.17) is 14.2 Å². The monoisotopic (exact) mass is 997 g/mol. The average molecular weight is 998 g/mol. The lowest BCUT2D eigenvalue weighted by atomic mass is 10.0. The molecule has 416 valence electrons. The molecule has 0 saturated heterocycles. The summed E-state index contributed by atoms with van der Waals surface area (Å²) in [5.41, 5.74) is 0. The predicted octanol–water partition coefficient (Wildman–Crippen LogP) is 21.2. The Balaban J connectivity index is 4.15. The molecule has 6 heteroatoms. The quantitative estimate of drug-likeness (QED) is 0.0261. The summed E-state index contributed by atoms with van der Waals surface area (Å²) in [6.07, 6.45) is 73.1. The number of hydrogen-bond donors (Lipinski definition) is 0. The van der Waals surface area contributed by atoms with E-state index < -0.39 is 6.10 Å². The van der Waals surface area contributed by atoms with Gasteiger partial charge in [0.25, 0.3) is 0 Å². The second-order valence-corrected chi connectivity index (χ2v) is 21.3. The van der Waals surface area contributed by atoms with Gasteiger partial charge in [0.1, 0.15) is 13.2 Å². The second kappa shape index (κ2) is 60.2. The van der Waals surface area contributed by atoms with Gasteiger partial charge in [0.2, 0.25) is 0 Å². The number of hydrogen-bond acceptors (Lipinski definition) is 6. The van der Waals surface area contributed by atoms with Crippen molar-refractivity contribution in [1.29, 1.82) is 0 Å². The molecule has 0 amide bonds. The fourth-order valence-electron chi connectivity index (χ4n) is 9.46. The molecule has 0 bridgehead atoms. The van der Waals surface area contributed by atoms with E-state index in [1.807, 2.05) is 0 Å². The van der Waals surface area contributed by atoms with Crippen LogP contribution in [0.3, 0.4) is 0 Å². The van der Waals surface area contributed by atoms with Gasteiger partial charge < -0.3 is 14.2 Å². The minimum Gasteiger partial charge on any atom is -0.462 e. The number of ether oxygens (including phenoxy) is 3. The summed E-state index contributed by atoms with van der Waals surface area (Å²) in [5.74, 6) is -0.872. The molecule has 0 fully saturated rings.